The Bertz CT molecular complexity index is 780. The lowest BCUT2D eigenvalue weighted by molar-refractivity contribution is 0.280. The normalized spacial score (nSPS) is 14.6. The standard InChI is InChI=1S/C20H25N5O2/c1-3-4-13-26-19-18(27-17-7-5-16(14-21)6-8-17)15-22-20(23-19)25-11-9-24(2)10-12-25/h5-8,15H,3-4,9-13H2,1-2H3. The quantitative estimate of drug-likeness (QED) is 0.696. The lowest BCUT2D eigenvalue weighted by Crippen LogP contribution is -2.45. The number of hydrogen-bond donors (Lipinski definition) is 0. The van der Waals surface area contributed by atoms with Crippen molar-refractivity contribution in [2.75, 3.05) is 44.7 Å². The first-order chi connectivity index (χ1) is 13.2. The lowest BCUT2D eigenvalue weighted by Gasteiger charge is -2.32. The van der Waals surface area contributed by atoms with Gasteiger partial charge in [-0.2, -0.15) is 10.2 Å². The van der Waals surface area contributed by atoms with E-state index in [1.54, 1.807) is 30.5 Å². The molecule has 0 unspecified atom stereocenters. The molecule has 0 saturated carbocycles. The Morgan fingerprint density at radius 2 is 1.89 bits per heavy atom. The van der Waals surface area contributed by atoms with Crippen molar-refractivity contribution in [2.24, 2.45) is 0 Å². The minimum absolute atomic E-state index is 0.455. The molecule has 0 radical (unpaired) electrons. The van der Waals surface area contributed by atoms with E-state index in [0.717, 1.165) is 39.0 Å². The van der Waals surface area contributed by atoms with Crippen molar-refractivity contribution in [1.82, 2.24) is 14.9 Å². The van der Waals surface area contributed by atoms with Gasteiger partial charge in [-0.25, -0.2) is 4.98 Å². The number of piperazine rings is 1. The number of anilines is 1. The fourth-order valence-corrected chi connectivity index (χ4v) is 2.72. The summed E-state index contributed by atoms with van der Waals surface area (Å²) in [6.45, 7) is 6.45. The summed E-state index contributed by atoms with van der Waals surface area (Å²) in [4.78, 5) is 13.6. The molecule has 7 heteroatoms. The Morgan fingerprint density at radius 3 is 2.56 bits per heavy atom. The molecule has 1 aliphatic heterocycles. The van der Waals surface area contributed by atoms with Crippen molar-refractivity contribution in [3.63, 3.8) is 0 Å². The van der Waals surface area contributed by atoms with Crippen molar-refractivity contribution in [1.29, 1.82) is 5.26 Å². The molecule has 3 rings (SSSR count). The summed E-state index contributed by atoms with van der Waals surface area (Å²) in [5.74, 6) is 2.22. The van der Waals surface area contributed by atoms with Crippen LogP contribution in [0.5, 0.6) is 17.4 Å². The Hall–Kier alpha value is -2.85. The van der Waals surface area contributed by atoms with E-state index in [-0.39, 0.29) is 0 Å². The maximum atomic E-state index is 8.92. The first kappa shape index (κ1) is 18.9. The molecule has 1 fully saturated rings. The number of likely N-dealkylation sites (N-methyl/N-ethyl adjacent to an activating group) is 1. The van der Waals surface area contributed by atoms with Crippen LogP contribution in [0.4, 0.5) is 5.95 Å². The summed E-state index contributed by atoms with van der Waals surface area (Å²) >= 11 is 0. The summed E-state index contributed by atoms with van der Waals surface area (Å²) in [6.07, 6.45) is 3.66. The molecule has 0 bridgehead atoms. The first-order valence-corrected chi connectivity index (χ1v) is 9.31. The molecule has 1 aromatic heterocycles. The maximum Gasteiger partial charge on any atom is 0.262 e. The van der Waals surface area contributed by atoms with Gasteiger partial charge in [0.2, 0.25) is 11.7 Å². The van der Waals surface area contributed by atoms with Crippen molar-refractivity contribution < 1.29 is 9.47 Å². The van der Waals surface area contributed by atoms with E-state index in [9.17, 15) is 0 Å². The van der Waals surface area contributed by atoms with E-state index in [1.807, 2.05) is 0 Å². The zero-order valence-corrected chi connectivity index (χ0v) is 15.9. The Labute approximate surface area is 160 Å². The largest absolute Gasteiger partial charge is 0.475 e. The Balaban J connectivity index is 1.79. The van der Waals surface area contributed by atoms with Gasteiger partial charge in [-0.05, 0) is 37.7 Å². The van der Waals surface area contributed by atoms with Crippen molar-refractivity contribution in [3.8, 4) is 23.4 Å². The number of hydrogen-bond acceptors (Lipinski definition) is 7. The summed E-state index contributed by atoms with van der Waals surface area (Å²) in [5.41, 5.74) is 0.587. The van der Waals surface area contributed by atoms with Gasteiger partial charge in [-0.15, -0.1) is 0 Å². The van der Waals surface area contributed by atoms with E-state index >= 15 is 0 Å². The van der Waals surface area contributed by atoms with Crippen LogP contribution in [0.15, 0.2) is 30.5 Å². The van der Waals surface area contributed by atoms with Gasteiger partial charge in [0.15, 0.2) is 0 Å². The van der Waals surface area contributed by atoms with Crippen LogP contribution in [0, 0.1) is 11.3 Å². The highest BCUT2D eigenvalue weighted by Crippen LogP contribution is 2.31. The second kappa shape index (κ2) is 9.19. The van der Waals surface area contributed by atoms with E-state index in [2.05, 4.69) is 39.8 Å². The molecular weight excluding hydrogens is 342 g/mol. The van der Waals surface area contributed by atoms with E-state index in [0.29, 0.717) is 35.5 Å². The molecule has 2 heterocycles. The number of nitrogens with zero attached hydrogens (tertiary/aromatic N) is 5. The average molecular weight is 367 g/mol. The Kier molecular flexibility index (Phi) is 6.44. The summed E-state index contributed by atoms with van der Waals surface area (Å²) in [7, 11) is 2.12. The van der Waals surface area contributed by atoms with Crippen LogP contribution in [0.1, 0.15) is 25.3 Å². The number of unbranched alkanes of at least 4 members (excludes halogenated alkanes) is 1. The molecule has 0 N–H and O–H groups in total. The predicted molar refractivity (Wildman–Crippen MR) is 103 cm³/mol. The zero-order chi connectivity index (χ0) is 19.1. The monoisotopic (exact) mass is 367 g/mol. The van der Waals surface area contributed by atoms with Gasteiger partial charge in [0.1, 0.15) is 5.75 Å². The predicted octanol–water partition coefficient (Wildman–Crippen LogP) is 3.07. The molecule has 7 nitrogen and oxygen atoms in total. The third-order valence-corrected chi connectivity index (χ3v) is 4.44. The van der Waals surface area contributed by atoms with Crippen molar-refractivity contribution in [2.45, 2.75) is 19.8 Å². The second-order valence-electron chi connectivity index (χ2n) is 6.57. The average Bonchev–Trinajstić information content (AvgIpc) is 2.70. The van der Waals surface area contributed by atoms with Gasteiger partial charge >= 0.3 is 0 Å². The fourth-order valence-electron chi connectivity index (χ4n) is 2.72. The smallest absolute Gasteiger partial charge is 0.262 e. The number of aromatic nitrogens is 2. The minimum atomic E-state index is 0.455. The van der Waals surface area contributed by atoms with Gasteiger partial charge in [0.25, 0.3) is 5.88 Å². The highest BCUT2D eigenvalue weighted by Gasteiger charge is 2.19. The molecular formula is C20H25N5O2. The van der Waals surface area contributed by atoms with E-state index < -0.39 is 0 Å². The van der Waals surface area contributed by atoms with Crippen LogP contribution in [0.2, 0.25) is 0 Å². The zero-order valence-electron chi connectivity index (χ0n) is 15.9. The van der Waals surface area contributed by atoms with E-state index in [1.165, 1.54) is 0 Å². The van der Waals surface area contributed by atoms with Crippen molar-refractivity contribution in [3.05, 3.63) is 36.0 Å². The SMILES string of the molecule is CCCCOc1nc(N2CCN(C)CC2)ncc1Oc1ccc(C#N)cc1. The minimum Gasteiger partial charge on any atom is -0.475 e. The topological polar surface area (TPSA) is 74.5 Å². The van der Waals surface area contributed by atoms with Crippen LogP contribution in [0.3, 0.4) is 0 Å². The van der Waals surface area contributed by atoms with Gasteiger partial charge in [0.05, 0.1) is 24.4 Å². The van der Waals surface area contributed by atoms with Gasteiger partial charge in [-0.3, -0.25) is 0 Å². The molecule has 1 saturated heterocycles. The maximum absolute atomic E-state index is 8.92. The molecule has 0 aliphatic carbocycles. The first-order valence-electron chi connectivity index (χ1n) is 9.31. The number of ether oxygens (including phenoxy) is 2. The molecule has 0 atom stereocenters. The second-order valence-corrected chi connectivity index (χ2v) is 6.57. The highest BCUT2D eigenvalue weighted by atomic mass is 16.5. The number of nitriles is 1. The summed E-state index contributed by atoms with van der Waals surface area (Å²) in [5, 5.41) is 8.92. The molecule has 1 aliphatic rings. The van der Waals surface area contributed by atoms with Crippen molar-refractivity contribution >= 4 is 5.95 Å². The van der Waals surface area contributed by atoms with Gasteiger partial charge in [0, 0.05) is 26.2 Å². The lowest BCUT2D eigenvalue weighted by atomic mass is 10.2. The highest BCUT2D eigenvalue weighted by molar-refractivity contribution is 5.43. The molecule has 2 aromatic rings. The fraction of sp³-hybridized carbons (Fsp3) is 0.450. The van der Waals surface area contributed by atoms with E-state index in [4.69, 9.17) is 14.7 Å². The van der Waals surface area contributed by atoms with Crippen LogP contribution in [-0.2, 0) is 0 Å². The number of rotatable bonds is 7. The molecule has 0 spiro atoms. The summed E-state index contributed by atoms with van der Waals surface area (Å²) in [6, 6.07) is 9.03. The molecule has 142 valence electrons. The summed E-state index contributed by atoms with van der Waals surface area (Å²) < 4.78 is 11.8. The van der Waals surface area contributed by atoms with Crippen LogP contribution >= 0.6 is 0 Å². The van der Waals surface area contributed by atoms with Gasteiger partial charge < -0.3 is 19.3 Å². The third kappa shape index (κ3) is 5.08. The molecule has 27 heavy (non-hydrogen) atoms. The number of benzene rings is 1. The van der Waals surface area contributed by atoms with Crippen LogP contribution < -0.4 is 14.4 Å². The molecule has 0 amide bonds. The van der Waals surface area contributed by atoms with Gasteiger partial charge in [-0.1, -0.05) is 13.3 Å². The Morgan fingerprint density at radius 1 is 1.15 bits per heavy atom. The van der Waals surface area contributed by atoms with Crippen LogP contribution in [-0.4, -0.2) is 54.7 Å². The molecule has 1 aromatic carbocycles. The van der Waals surface area contributed by atoms with Crippen LogP contribution in [0.25, 0.3) is 0 Å². The third-order valence-electron chi connectivity index (χ3n) is 4.44.